The van der Waals surface area contributed by atoms with Crippen LogP contribution in [0.5, 0.6) is 0 Å². The van der Waals surface area contributed by atoms with Crippen molar-refractivity contribution in [3.05, 3.63) is 6.92 Å². The molecule has 53 valence electrons. The van der Waals surface area contributed by atoms with Crippen LogP contribution in [0.25, 0.3) is 0 Å². The average molecular weight is 149 g/mol. The molecular formula is C4H9N2O2S. The van der Waals surface area contributed by atoms with E-state index in [-0.39, 0.29) is 6.04 Å². The van der Waals surface area contributed by atoms with E-state index in [1.165, 1.54) is 11.4 Å². The maximum Gasteiger partial charge on any atom is 0.279 e. The predicted octanol–water partition coefficient (Wildman–Crippen LogP) is -1.03. The molecule has 9 heavy (non-hydrogen) atoms. The zero-order valence-electron chi connectivity index (χ0n) is 5.16. The lowest BCUT2D eigenvalue weighted by atomic mass is 10.4. The Morgan fingerprint density at radius 1 is 1.78 bits per heavy atom. The molecule has 1 rings (SSSR count). The fourth-order valence-corrected chi connectivity index (χ4v) is 1.80. The Labute approximate surface area is 55.0 Å². The van der Waals surface area contributed by atoms with Crippen LogP contribution in [0.15, 0.2) is 0 Å². The Kier molecular flexibility index (Phi) is 1.50. The molecule has 0 aromatic carbocycles. The first kappa shape index (κ1) is 6.98. The molecule has 5 heteroatoms. The third-order valence-corrected chi connectivity index (χ3v) is 2.80. The van der Waals surface area contributed by atoms with Crippen molar-refractivity contribution in [2.75, 3.05) is 13.6 Å². The van der Waals surface area contributed by atoms with Gasteiger partial charge in [-0.3, -0.25) is 0 Å². The first-order valence-corrected chi connectivity index (χ1v) is 4.03. The van der Waals surface area contributed by atoms with E-state index in [0.29, 0.717) is 6.54 Å². The summed E-state index contributed by atoms with van der Waals surface area (Å²) in [7, 11) is -1.63. The van der Waals surface area contributed by atoms with Crippen LogP contribution < -0.4 is 4.72 Å². The maximum absolute atomic E-state index is 10.7. The molecule has 4 nitrogen and oxygen atoms in total. The molecule has 0 spiro atoms. The zero-order chi connectivity index (χ0) is 7.07. The van der Waals surface area contributed by atoms with Gasteiger partial charge in [0.2, 0.25) is 0 Å². The van der Waals surface area contributed by atoms with Gasteiger partial charge in [-0.1, -0.05) is 0 Å². The molecule has 1 aliphatic rings. The van der Waals surface area contributed by atoms with E-state index < -0.39 is 10.2 Å². The van der Waals surface area contributed by atoms with Gasteiger partial charge < -0.3 is 0 Å². The Balaban J connectivity index is 2.83. The Hall–Kier alpha value is -0.130. The monoisotopic (exact) mass is 149 g/mol. The highest BCUT2D eigenvalue weighted by molar-refractivity contribution is 7.87. The third-order valence-electron chi connectivity index (χ3n) is 1.20. The summed E-state index contributed by atoms with van der Waals surface area (Å²) < 4.78 is 25.1. The van der Waals surface area contributed by atoms with Gasteiger partial charge in [0.1, 0.15) is 0 Å². The number of nitrogens with one attached hydrogen (secondary N) is 1. The molecule has 0 aromatic rings. The number of hydrogen-bond donors (Lipinski definition) is 1. The molecule has 1 fully saturated rings. The summed E-state index contributed by atoms with van der Waals surface area (Å²) in [6, 6.07) is -0.194. The highest BCUT2D eigenvalue weighted by atomic mass is 32.2. The van der Waals surface area contributed by atoms with Crippen LogP contribution in [0.3, 0.4) is 0 Å². The molecule has 1 radical (unpaired) electrons. The fraction of sp³-hybridized carbons (Fsp3) is 0.750. The van der Waals surface area contributed by atoms with Crippen molar-refractivity contribution in [3.63, 3.8) is 0 Å². The summed E-state index contributed by atoms with van der Waals surface area (Å²) in [5, 5.41) is 0. The smallest absolute Gasteiger partial charge is 0.198 e. The summed E-state index contributed by atoms with van der Waals surface area (Å²) in [5.41, 5.74) is 0. The van der Waals surface area contributed by atoms with E-state index >= 15 is 0 Å². The normalized spacial score (nSPS) is 35.1. The van der Waals surface area contributed by atoms with E-state index in [1.54, 1.807) is 0 Å². The van der Waals surface area contributed by atoms with Crippen LogP contribution in [-0.2, 0) is 10.2 Å². The molecule has 1 unspecified atom stereocenters. The molecule has 0 saturated carbocycles. The molecule has 1 aliphatic heterocycles. The van der Waals surface area contributed by atoms with Crippen LogP contribution in [0.2, 0.25) is 0 Å². The highest BCUT2D eigenvalue weighted by Gasteiger charge is 2.28. The number of hydrogen-bond acceptors (Lipinski definition) is 2. The zero-order valence-corrected chi connectivity index (χ0v) is 5.98. The lowest BCUT2D eigenvalue weighted by molar-refractivity contribution is 0.503. The SMILES string of the molecule is [CH2]C1CN(C)S(=O)(=O)N1. The van der Waals surface area contributed by atoms with Crippen molar-refractivity contribution in [2.45, 2.75) is 6.04 Å². The van der Waals surface area contributed by atoms with Gasteiger partial charge in [0.25, 0.3) is 10.2 Å². The second-order valence-electron chi connectivity index (χ2n) is 2.10. The highest BCUT2D eigenvalue weighted by Crippen LogP contribution is 2.04. The van der Waals surface area contributed by atoms with E-state index in [0.717, 1.165) is 0 Å². The van der Waals surface area contributed by atoms with E-state index in [9.17, 15) is 8.42 Å². The lowest BCUT2D eigenvalue weighted by Crippen LogP contribution is -2.26. The Morgan fingerprint density at radius 3 is 2.44 bits per heavy atom. The topological polar surface area (TPSA) is 49.4 Å². The van der Waals surface area contributed by atoms with Crippen molar-refractivity contribution < 1.29 is 8.42 Å². The molecule has 1 heterocycles. The van der Waals surface area contributed by atoms with Crippen molar-refractivity contribution in [1.82, 2.24) is 9.03 Å². The second-order valence-corrected chi connectivity index (χ2v) is 3.91. The minimum atomic E-state index is -3.15. The molecular weight excluding hydrogens is 140 g/mol. The lowest BCUT2D eigenvalue weighted by Gasteiger charge is -2.01. The number of nitrogens with zero attached hydrogens (tertiary/aromatic N) is 1. The Morgan fingerprint density at radius 2 is 2.33 bits per heavy atom. The standard InChI is InChI=1S/C4H9N2O2S/c1-4-3-6(2)9(7,8)5-4/h4-5H,1,3H2,2H3. The van der Waals surface area contributed by atoms with Crippen molar-refractivity contribution in [2.24, 2.45) is 0 Å². The van der Waals surface area contributed by atoms with Gasteiger partial charge in [-0.05, 0) is 6.92 Å². The second kappa shape index (κ2) is 1.93. The van der Waals surface area contributed by atoms with Gasteiger partial charge in [0, 0.05) is 19.6 Å². The largest absolute Gasteiger partial charge is 0.279 e. The van der Waals surface area contributed by atoms with Crippen LogP contribution in [-0.4, -0.2) is 32.4 Å². The molecule has 0 aromatic heterocycles. The van der Waals surface area contributed by atoms with E-state index in [4.69, 9.17) is 0 Å². The summed E-state index contributed by atoms with van der Waals surface area (Å²) >= 11 is 0. The van der Waals surface area contributed by atoms with Crippen LogP contribution in [0.1, 0.15) is 0 Å². The molecule has 0 aliphatic carbocycles. The van der Waals surface area contributed by atoms with Gasteiger partial charge in [0.05, 0.1) is 0 Å². The summed E-state index contributed by atoms with van der Waals surface area (Å²) in [6.45, 7) is 4.01. The van der Waals surface area contributed by atoms with E-state index in [2.05, 4.69) is 11.6 Å². The molecule has 0 bridgehead atoms. The van der Waals surface area contributed by atoms with Gasteiger partial charge in [-0.2, -0.15) is 17.4 Å². The summed E-state index contributed by atoms with van der Waals surface area (Å²) in [6.07, 6.45) is 0. The first-order valence-electron chi connectivity index (χ1n) is 2.59. The minimum Gasteiger partial charge on any atom is -0.198 e. The van der Waals surface area contributed by atoms with Gasteiger partial charge >= 0.3 is 0 Å². The van der Waals surface area contributed by atoms with Crippen molar-refractivity contribution in [1.29, 1.82) is 0 Å². The van der Waals surface area contributed by atoms with Crippen molar-refractivity contribution in [3.8, 4) is 0 Å². The average Bonchev–Trinajstić information content (AvgIpc) is 1.79. The maximum atomic E-state index is 10.7. The first-order chi connectivity index (χ1) is 4.02. The molecule has 1 atom stereocenters. The summed E-state index contributed by atoms with van der Waals surface area (Å²) in [5.74, 6) is 0. The van der Waals surface area contributed by atoms with Gasteiger partial charge in [0.15, 0.2) is 0 Å². The third kappa shape index (κ3) is 1.23. The van der Waals surface area contributed by atoms with E-state index in [1.807, 2.05) is 0 Å². The van der Waals surface area contributed by atoms with Crippen LogP contribution in [0.4, 0.5) is 0 Å². The quantitative estimate of drug-likeness (QED) is 0.478. The van der Waals surface area contributed by atoms with Gasteiger partial charge in [-0.25, -0.2) is 0 Å². The number of likely N-dealkylation sites (N-methyl/N-ethyl adjacent to an activating group) is 1. The minimum absolute atomic E-state index is 0.194. The fourth-order valence-electron chi connectivity index (χ4n) is 0.746. The predicted molar refractivity (Wildman–Crippen MR) is 33.8 cm³/mol. The van der Waals surface area contributed by atoms with Gasteiger partial charge in [-0.15, -0.1) is 0 Å². The van der Waals surface area contributed by atoms with Crippen molar-refractivity contribution >= 4 is 10.2 Å². The molecule has 0 amide bonds. The Bertz CT molecular complexity index is 199. The van der Waals surface area contributed by atoms with Crippen LogP contribution >= 0.6 is 0 Å². The number of rotatable bonds is 0. The summed E-state index contributed by atoms with van der Waals surface area (Å²) in [4.78, 5) is 0. The molecule has 1 N–H and O–H groups in total. The van der Waals surface area contributed by atoms with Crippen LogP contribution in [0, 0.1) is 6.92 Å². The molecule has 1 saturated heterocycles.